The molecule has 0 saturated carbocycles. The molecule has 0 spiro atoms. The number of hydrogen-bond donors (Lipinski definition) is 3. The topological polar surface area (TPSA) is 49.3 Å². The molecule has 0 bridgehead atoms. The van der Waals surface area contributed by atoms with E-state index in [4.69, 9.17) is 5.11 Å². The molecule has 106 valence electrons. The van der Waals surface area contributed by atoms with Crippen LogP contribution in [0.1, 0.15) is 23.2 Å². The molecule has 1 aromatic carbocycles. The maximum Gasteiger partial charge on any atom is 0.389 e. The van der Waals surface area contributed by atoms with Gasteiger partial charge in [-0.3, -0.25) is 0 Å². The van der Waals surface area contributed by atoms with E-state index in [1.54, 1.807) is 23.7 Å². The maximum absolute atomic E-state index is 11.9. The van der Waals surface area contributed by atoms with Crippen LogP contribution in [0.15, 0.2) is 24.3 Å². The van der Waals surface area contributed by atoms with E-state index in [0.29, 0.717) is 22.8 Å². The predicted octanol–water partition coefficient (Wildman–Crippen LogP) is 3.36. The average Bonchev–Trinajstić information content (AvgIpc) is 2.32. The number of hydrogen-bond acceptors (Lipinski definition) is 1. The van der Waals surface area contributed by atoms with E-state index in [1.807, 2.05) is 0 Å². The number of anilines is 1. The molecule has 1 aromatic rings. The fraction of sp³-hybridized carbons (Fsp3) is 0.333. The third-order valence-corrected chi connectivity index (χ3v) is 3.10. The number of aromatic carboxylic acids is 1. The summed E-state index contributed by atoms with van der Waals surface area (Å²) in [6.45, 7) is 0. The van der Waals surface area contributed by atoms with Crippen LogP contribution in [-0.2, 0) is 0 Å². The molecule has 0 radical (unpaired) electrons. The average molecular weight is 293 g/mol. The minimum absolute atomic E-state index is 0.0593. The van der Waals surface area contributed by atoms with Crippen molar-refractivity contribution in [2.75, 3.05) is 11.1 Å². The van der Waals surface area contributed by atoms with E-state index in [0.717, 1.165) is 0 Å². The van der Waals surface area contributed by atoms with Gasteiger partial charge in [0.2, 0.25) is 0 Å². The molecule has 0 fully saturated rings. The molecule has 0 heterocycles. The highest BCUT2D eigenvalue weighted by Gasteiger charge is 2.25. The Morgan fingerprint density at radius 3 is 2.68 bits per heavy atom. The molecule has 0 aliphatic heterocycles. The molecule has 1 rings (SSSR count). The molecule has 19 heavy (non-hydrogen) atoms. The second kappa shape index (κ2) is 7.18. The maximum atomic E-state index is 11.9. The lowest BCUT2D eigenvalue weighted by atomic mass is 10.2. The van der Waals surface area contributed by atoms with Gasteiger partial charge < -0.3 is 10.4 Å². The fourth-order valence-corrected chi connectivity index (χ4v) is 2.05. The van der Waals surface area contributed by atoms with Crippen molar-refractivity contribution in [2.45, 2.75) is 19.0 Å². The van der Waals surface area contributed by atoms with Gasteiger partial charge in [0.25, 0.3) is 0 Å². The van der Waals surface area contributed by atoms with Crippen molar-refractivity contribution in [3.63, 3.8) is 0 Å². The molecular formula is C12H14F3NO2S. The summed E-state index contributed by atoms with van der Waals surface area (Å²) in [4.78, 5) is 10.9. The largest absolute Gasteiger partial charge is 0.478 e. The Morgan fingerprint density at radius 2 is 2.05 bits per heavy atom. The third-order valence-electron chi connectivity index (χ3n) is 2.22. The Morgan fingerprint density at radius 1 is 1.37 bits per heavy atom. The van der Waals surface area contributed by atoms with Gasteiger partial charge in [-0.1, -0.05) is 12.1 Å². The minimum Gasteiger partial charge on any atom is -0.478 e. The van der Waals surface area contributed by atoms with Crippen LogP contribution < -0.4 is 5.32 Å². The molecule has 0 aromatic heterocycles. The highest BCUT2D eigenvalue weighted by atomic mass is 32.1. The van der Waals surface area contributed by atoms with Crippen LogP contribution in [0.4, 0.5) is 18.9 Å². The first-order chi connectivity index (χ1) is 8.90. The zero-order chi connectivity index (χ0) is 14.3. The Labute approximate surface area is 112 Å². The molecule has 0 unspecified atom stereocenters. The lowest BCUT2D eigenvalue weighted by molar-refractivity contribution is -0.134. The van der Waals surface area contributed by atoms with Gasteiger partial charge in [0.05, 0.1) is 11.3 Å². The number of halogens is 3. The summed E-state index contributed by atoms with van der Waals surface area (Å²) in [5.74, 6) is -0.674. The normalized spacial score (nSPS) is 12.2. The zero-order valence-corrected chi connectivity index (χ0v) is 10.8. The number of carbonyl (C=O) groups is 1. The summed E-state index contributed by atoms with van der Waals surface area (Å²) < 4.78 is 35.6. The molecule has 0 aliphatic rings. The number of carboxylic acid groups (broad SMARTS) is 1. The Kier molecular flexibility index (Phi) is 5.88. The number of nitrogens with one attached hydrogen (secondary N) is 1. The number of thiol groups is 1. The Bertz CT molecular complexity index is 461. The van der Waals surface area contributed by atoms with E-state index >= 15 is 0 Å². The summed E-state index contributed by atoms with van der Waals surface area (Å²) in [6, 6.07) is 6.35. The van der Waals surface area contributed by atoms with Crippen LogP contribution >= 0.6 is 11.4 Å². The van der Waals surface area contributed by atoms with Crippen molar-refractivity contribution < 1.29 is 23.1 Å². The number of rotatable bonds is 6. The zero-order valence-electron chi connectivity index (χ0n) is 9.94. The van der Waals surface area contributed by atoms with E-state index in [1.165, 1.54) is 6.07 Å². The first kappa shape index (κ1) is 15.6. The molecule has 0 amide bonds. The first-order valence-electron chi connectivity index (χ1n) is 5.54. The summed E-state index contributed by atoms with van der Waals surface area (Å²) >= 11 is 0.692. The molecular weight excluding hydrogens is 279 g/mol. The van der Waals surface area contributed by atoms with Gasteiger partial charge in [-0.2, -0.15) is 24.5 Å². The number of carboxylic acids is 1. The van der Waals surface area contributed by atoms with Crippen LogP contribution in [0.5, 0.6) is 0 Å². The Balaban J connectivity index is 2.43. The molecule has 2 N–H and O–H groups in total. The van der Waals surface area contributed by atoms with Gasteiger partial charge >= 0.3 is 12.1 Å². The smallest absolute Gasteiger partial charge is 0.389 e. The van der Waals surface area contributed by atoms with Gasteiger partial charge in [0.1, 0.15) is 0 Å². The number of benzene rings is 1. The van der Waals surface area contributed by atoms with Crippen LogP contribution in [0.2, 0.25) is 0 Å². The molecule has 7 heteroatoms. The summed E-state index contributed by atoms with van der Waals surface area (Å²) in [5, 5.41) is 11.7. The van der Waals surface area contributed by atoms with Gasteiger partial charge in [-0.25, -0.2) is 4.79 Å². The first-order valence-corrected chi connectivity index (χ1v) is 6.69. The predicted molar refractivity (Wildman–Crippen MR) is 72.2 cm³/mol. The molecule has 0 atom stereocenters. The van der Waals surface area contributed by atoms with Gasteiger partial charge in [0, 0.05) is 11.9 Å². The van der Waals surface area contributed by atoms with Crippen LogP contribution in [0.25, 0.3) is 0 Å². The lowest BCUT2D eigenvalue weighted by Crippen LogP contribution is -2.07. The summed E-state index contributed by atoms with van der Waals surface area (Å²) in [5.41, 5.74) is 2.11. The molecule has 3 nitrogen and oxygen atoms in total. The van der Waals surface area contributed by atoms with E-state index in [-0.39, 0.29) is 12.0 Å². The summed E-state index contributed by atoms with van der Waals surface area (Å²) in [7, 11) is 0. The van der Waals surface area contributed by atoms with Crippen molar-refractivity contribution in [3.8, 4) is 0 Å². The van der Waals surface area contributed by atoms with Gasteiger partial charge in [-0.05, 0) is 24.3 Å². The second-order valence-corrected chi connectivity index (χ2v) is 4.82. The van der Waals surface area contributed by atoms with Crippen LogP contribution in [0.3, 0.4) is 0 Å². The second-order valence-electron chi connectivity index (χ2n) is 3.75. The van der Waals surface area contributed by atoms with Gasteiger partial charge in [0.15, 0.2) is 0 Å². The van der Waals surface area contributed by atoms with Crippen LogP contribution in [0, 0.1) is 0 Å². The van der Waals surface area contributed by atoms with Crippen LogP contribution in [-0.4, -0.2) is 28.5 Å². The molecule has 0 aliphatic carbocycles. The van der Waals surface area contributed by atoms with E-state index in [2.05, 4.69) is 5.32 Å². The van der Waals surface area contributed by atoms with Crippen molar-refractivity contribution in [1.82, 2.24) is 0 Å². The summed E-state index contributed by atoms with van der Waals surface area (Å²) in [6.07, 6.45) is -4.85. The number of alkyl halides is 3. The highest BCUT2D eigenvalue weighted by molar-refractivity contribution is 7.97. The van der Waals surface area contributed by atoms with Crippen molar-refractivity contribution >= 4 is 28.5 Å². The quantitative estimate of drug-likeness (QED) is 0.428. The third kappa shape index (κ3) is 6.28. The van der Waals surface area contributed by atoms with Crippen molar-refractivity contribution in [2.24, 2.45) is 0 Å². The van der Waals surface area contributed by atoms with E-state index < -0.39 is 18.6 Å². The molecule has 0 saturated heterocycles. The minimum atomic E-state index is -4.11. The van der Waals surface area contributed by atoms with Gasteiger partial charge in [-0.15, -0.1) is 0 Å². The van der Waals surface area contributed by atoms with E-state index in [9.17, 15) is 18.0 Å². The standard InChI is InChI=1S/C12H14F3NO2S/c13-12(14,15)6-3-7-19-8-16-10-5-2-1-4-9(10)11(17)18/h1-2,4-5,8,16,19H,3,6-7H2,(H,17,18). The Hall–Kier alpha value is -1.50. The lowest BCUT2D eigenvalue weighted by Gasteiger charge is -2.05. The van der Waals surface area contributed by atoms with Crippen molar-refractivity contribution in [3.05, 3.63) is 29.8 Å². The highest BCUT2D eigenvalue weighted by Crippen LogP contribution is 2.21. The SMILES string of the molecule is O=C(O)c1ccccc1NC=[SH]CCCC(F)(F)F. The monoisotopic (exact) mass is 293 g/mol. The number of para-hydroxylation sites is 1. The fourth-order valence-electron chi connectivity index (χ4n) is 1.35. The van der Waals surface area contributed by atoms with Crippen molar-refractivity contribution in [1.29, 1.82) is 0 Å².